The van der Waals surface area contributed by atoms with Crippen LogP contribution >= 0.6 is 0 Å². The van der Waals surface area contributed by atoms with Gasteiger partial charge in [-0.2, -0.15) is 0 Å². The number of rotatable bonds is 5. The topological polar surface area (TPSA) is 31.7 Å². The molecule has 1 N–H and O–H groups in total. The van der Waals surface area contributed by atoms with Crippen LogP contribution in [-0.4, -0.2) is 48.6 Å². The summed E-state index contributed by atoms with van der Waals surface area (Å²) in [6.07, 6.45) is 5.95. The summed E-state index contributed by atoms with van der Waals surface area (Å²) in [5.41, 5.74) is 1.26. The first-order valence-electron chi connectivity index (χ1n) is 7.97. The van der Waals surface area contributed by atoms with E-state index in [-0.39, 0.29) is 0 Å². The van der Waals surface area contributed by atoms with E-state index in [9.17, 15) is 0 Å². The van der Waals surface area contributed by atoms with Gasteiger partial charge in [0, 0.05) is 37.3 Å². The first kappa shape index (κ1) is 14.1. The van der Waals surface area contributed by atoms with Gasteiger partial charge in [0.05, 0.1) is 12.8 Å². The number of likely N-dealkylation sites (tertiary alicyclic amines) is 1. The summed E-state index contributed by atoms with van der Waals surface area (Å²) < 4.78 is 5.72. The normalized spacial score (nSPS) is 27.9. The molecule has 2 saturated heterocycles. The molecule has 2 unspecified atom stereocenters. The van der Waals surface area contributed by atoms with Crippen molar-refractivity contribution in [3.63, 3.8) is 0 Å². The Morgan fingerprint density at radius 1 is 1.30 bits per heavy atom. The molecule has 2 aliphatic rings. The van der Waals surface area contributed by atoms with Crippen molar-refractivity contribution in [2.45, 2.75) is 51.4 Å². The molecule has 3 heterocycles. The second-order valence-electron chi connectivity index (χ2n) is 6.28. The van der Waals surface area contributed by atoms with Gasteiger partial charge in [-0.05, 0) is 38.9 Å². The van der Waals surface area contributed by atoms with Gasteiger partial charge >= 0.3 is 0 Å². The van der Waals surface area contributed by atoms with Crippen LogP contribution < -0.4 is 5.32 Å². The zero-order valence-corrected chi connectivity index (χ0v) is 12.8. The number of furan rings is 1. The molecule has 2 bridgehead atoms. The average molecular weight is 277 g/mol. The Morgan fingerprint density at radius 3 is 3.00 bits per heavy atom. The molecular formula is C16H27N3O. The molecule has 0 amide bonds. The fourth-order valence-corrected chi connectivity index (χ4v) is 3.61. The first-order chi connectivity index (χ1) is 9.76. The molecule has 0 aliphatic carbocycles. The summed E-state index contributed by atoms with van der Waals surface area (Å²) in [6, 6.07) is 3.76. The van der Waals surface area contributed by atoms with Crippen molar-refractivity contribution in [3.05, 3.63) is 23.7 Å². The van der Waals surface area contributed by atoms with Gasteiger partial charge in [-0.3, -0.25) is 9.80 Å². The maximum Gasteiger partial charge on any atom is 0.118 e. The van der Waals surface area contributed by atoms with Crippen LogP contribution in [0.1, 0.15) is 37.5 Å². The fraction of sp³-hybridized carbons (Fsp3) is 0.750. The molecule has 4 heteroatoms. The Labute approximate surface area is 122 Å². The minimum atomic E-state index is 0.749. The molecule has 1 aromatic rings. The van der Waals surface area contributed by atoms with Gasteiger partial charge in [0.1, 0.15) is 5.76 Å². The number of nitrogens with one attached hydrogen (secondary N) is 1. The number of nitrogens with zero attached hydrogens (tertiary/aromatic N) is 2. The fourth-order valence-electron chi connectivity index (χ4n) is 3.61. The molecule has 20 heavy (non-hydrogen) atoms. The van der Waals surface area contributed by atoms with Crippen LogP contribution in [0.5, 0.6) is 0 Å². The highest BCUT2D eigenvalue weighted by Gasteiger charge is 2.34. The van der Waals surface area contributed by atoms with Crippen LogP contribution in [0.15, 0.2) is 16.7 Å². The van der Waals surface area contributed by atoms with E-state index >= 15 is 0 Å². The highest BCUT2D eigenvalue weighted by Crippen LogP contribution is 2.29. The maximum absolute atomic E-state index is 5.72. The van der Waals surface area contributed by atoms with Gasteiger partial charge < -0.3 is 9.73 Å². The third-order valence-corrected chi connectivity index (χ3v) is 4.90. The predicted octanol–water partition coefficient (Wildman–Crippen LogP) is 2.06. The van der Waals surface area contributed by atoms with E-state index in [1.807, 2.05) is 6.26 Å². The Balaban J connectivity index is 1.56. The van der Waals surface area contributed by atoms with E-state index in [0.717, 1.165) is 37.5 Å². The van der Waals surface area contributed by atoms with Crippen LogP contribution in [0.2, 0.25) is 0 Å². The number of hydrogen-bond donors (Lipinski definition) is 1. The molecule has 2 fully saturated rings. The van der Waals surface area contributed by atoms with E-state index in [4.69, 9.17) is 4.42 Å². The molecule has 2 aliphatic heterocycles. The second-order valence-corrected chi connectivity index (χ2v) is 6.28. The van der Waals surface area contributed by atoms with Crippen molar-refractivity contribution in [2.24, 2.45) is 0 Å². The van der Waals surface area contributed by atoms with E-state index in [2.05, 4.69) is 35.2 Å². The average Bonchev–Trinajstić information content (AvgIpc) is 2.96. The van der Waals surface area contributed by atoms with E-state index in [0.29, 0.717) is 0 Å². The largest absolute Gasteiger partial charge is 0.468 e. The van der Waals surface area contributed by atoms with Gasteiger partial charge in [0.2, 0.25) is 0 Å². The molecule has 0 aromatic carbocycles. The Kier molecular flexibility index (Phi) is 4.44. The molecule has 0 spiro atoms. The van der Waals surface area contributed by atoms with Crippen molar-refractivity contribution < 1.29 is 4.42 Å². The molecule has 3 rings (SSSR count). The van der Waals surface area contributed by atoms with Gasteiger partial charge in [0.25, 0.3) is 0 Å². The van der Waals surface area contributed by atoms with Gasteiger partial charge in [-0.15, -0.1) is 0 Å². The number of likely N-dealkylation sites (N-methyl/N-ethyl adjacent to an activating group) is 1. The van der Waals surface area contributed by atoms with Crippen LogP contribution in [-0.2, 0) is 13.1 Å². The summed E-state index contributed by atoms with van der Waals surface area (Å²) in [5.74, 6) is 1.11. The SMILES string of the molecule is CCNCc1coc(CN2CCC3CCC(C2)N3C)c1. The quantitative estimate of drug-likeness (QED) is 0.893. The monoisotopic (exact) mass is 277 g/mol. The van der Waals surface area contributed by atoms with Gasteiger partial charge in [-0.1, -0.05) is 6.92 Å². The minimum Gasteiger partial charge on any atom is -0.468 e. The first-order valence-corrected chi connectivity index (χ1v) is 7.97. The Bertz CT molecular complexity index is 431. The summed E-state index contributed by atoms with van der Waals surface area (Å²) in [7, 11) is 2.30. The lowest BCUT2D eigenvalue weighted by Gasteiger charge is -2.24. The number of hydrogen-bond acceptors (Lipinski definition) is 4. The van der Waals surface area contributed by atoms with Crippen molar-refractivity contribution in [1.29, 1.82) is 0 Å². The predicted molar refractivity (Wildman–Crippen MR) is 80.6 cm³/mol. The summed E-state index contributed by atoms with van der Waals surface area (Å²) in [6.45, 7) is 7.40. The lowest BCUT2D eigenvalue weighted by atomic mass is 10.1. The third kappa shape index (κ3) is 3.08. The molecule has 1 aromatic heterocycles. The summed E-state index contributed by atoms with van der Waals surface area (Å²) >= 11 is 0. The highest BCUT2D eigenvalue weighted by molar-refractivity contribution is 5.12. The molecule has 0 radical (unpaired) electrons. The third-order valence-electron chi connectivity index (χ3n) is 4.90. The van der Waals surface area contributed by atoms with Crippen LogP contribution in [0.4, 0.5) is 0 Å². The molecule has 2 atom stereocenters. The van der Waals surface area contributed by atoms with Crippen LogP contribution in [0.25, 0.3) is 0 Å². The van der Waals surface area contributed by atoms with Crippen molar-refractivity contribution in [3.8, 4) is 0 Å². The molecular weight excluding hydrogens is 250 g/mol. The van der Waals surface area contributed by atoms with Crippen molar-refractivity contribution in [1.82, 2.24) is 15.1 Å². The summed E-state index contributed by atoms with van der Waals surface area (Å²) in [5, 5.41) is 3.34. The zero-order valence-electron chi connectivity index (χ0n) is 12.8. The number of fused-ring (bicyclic) bond motifs is 2. The highest BCUT2D eigenvalue weighted by atomic mass is 16.3. The van der Waals surface area contributed by atoms with Crippen molar-refractivity contribution in [2.75, 3.05) is 26.7 Å². The van der Waals surface area contributed by atoms with E-state index in [1.165, 1.54) is 37.9 Å². The van der Waals surface area contributed by atoms with Gasteiger partial charge in [-0.25, -0.2) is 0 Å². The maximum atomic E-state index is 5.72. The van der Waals surface area contributed by atoms with Crippen LogP contribution in [0.3, 0.4) is 0 Å². The van der Waals surface area contributed by atoms with Gasteiger partial charge in [0.15, 0.2) is 0 Å². The standard InChI is InChI=1S/C16H27N3O/c1-3-17-9-13-8-16(20-12-13)11-19-7-6-14-4-5-15(10-19)18(14)2/h8,12,14-15,17H,3-7,9-11H2,1-2H3. The lowest BCUT2D eigenvalue weighted by Crippen LogP contribution is -2.36. The smallest absolute Gasteiger partial charge is 0.118 e. The Morgan fingerprint density at radius 2 is 2.15 bits per heavy atom. The summed E-state index contributed by atoms with van der Waals surface area (Å²) in [4.78, 5) is 5.16. The molecule has 112 valence electrons. The van der Waals surface area contributed by atoms with E-state index < -0.39 is 0 Å². The molecule has 4 nitrogen and oxygen atoms in total. The minimum absolute atomic E-state index is 0.749. The molecule has 0 saturated carbocycles. The van der Waals surface area contributed by atoms with Crippen LogP contribution in [0, 0.1) is 0 Å². The Hall–Kier alpha value is -0.840. The van der Waals surface area contributed by atoms with Crippen molar-refractivity contribution >= 4 is 0 Å². The second kappa shape index (κ2) is 6.29. The zero-order chi connectivity index (χ0) is 13.9. The lowest BCUT2D eigenvalue weighted by molar-refractivity contribution is 0.205. The van der Waals surface area contributed by atoms with E-state index in [1.54, 1.807) is 0 Å².